The number of ether oxygens (including phenoxy) is 2. The minimum atomic E-state index is -0.708. The van der Waals surface area contributed by atoms with Crippen LogP contribution in [0, 0.1) is 15.2 Å². The van der Waals surface area contributed by atoms with Gasteiger partial charge in [-0.3, -0.25) is 4.79 Å². The van der Waals surface area contributed by atoms with Crippen molar-refractivity contribution in [2.24, 2.45) is 0 Å². The van der Waals surface area contributed by atoms with Crippen molar-refractivity contribution >= 4 is 34.2 Å². The Morgan fingerprint density at radius 3 is 2.42 bits per heavy atom. The van der Waals surface area contributed by atoms with E-state index in [1.54, 1.807) is 34.7 Å². The van der Waals surface area contributed by atoms with E-state index in [4.69, 9.17) is 9.47 Å². The topological polar surface area (TPSA) is 47.6 Å². The molecule has 2 aromatic carbocycles. The van der Waals surface area contributed by atoms with Crippen molar-refractivity contribution < 1.29 is 23.0 Å². The van der Waals surface area contributed by atoms with E-state index >= 15 is 0 Å². The van der Waals surface area contributed by atoms with Crippen LogP contribution < -0.4 is 14.8 Å². The molecule has 0 aliphatic rings. The van der Waals surface area contributed by atoms with Crippen LogP contribution in [0.2, 0.25) is 0 Å². The number of aryl methyl sites for hydroxylation is 1. The van der Waals surface area contributed by atoms with Gasteiger partial charge < -0.3 is 14.8 Å². The first-order valence-corrected chi connectivity index (χ1v) is 8.18. The molecule has 7 heteroatoms. The first-order valence-electron chi connectivity index (χ1n) is 7.10. The predicted molar refractivity (Wildman–Crippen MR) is 95.6 cm³/mol. The molecule has 1 amide bonds. The fraction of sp³-hybridized carbons (Fsp3) is 0.235. The number of para-hydroxylation sites is 1. The van der Waals surface area contributed by atoms with Gasteiger partial charge in [-0.1, -0.05) is 12.1 Å². The molecule has 0 aromatic heterocycles. The lowest BCUT2D eigenvalue weighted by Crippen LogP contribution is -2.13. The average Bonchev–Trinajstić information content (AvgIpc) is 2.57. The second-order valence-corrected chi connectivity index (χ2v) is 6.03. The third kappa shape index (κ3) is 4.34. The van der Waals surface area contributed by atoms with Crippen molar-refractivity contribution in [2.75, 3.05) is 19.5 Å². The van der Waals surface area contributed by atoms with Crippen molar-refractivity contribution in [3.05, 3.63) is 51.1 Å². The molecule has 2 rings (SSSR count). The van der Waals surface area contributed by atoms with Crippen LogP contribution in [0.15, 0.2) is 30.3 Å². The van der Waals surface area contributed by atoms with E-state index in [0.29, 0.717) is 17.9 Å². The van der Waals surface area contributed by atoms with Gasteiger partial charge in [0.05, 0.1) is 17.8 Å². The first kappa shape index (κ1) is 18.4. The number of carbonyl (C=O) groups excluding carboxylic acids is 1. The summed E-state index contributed by atoms with van der Waals surface area (Å²) in [6, 6.07) is 7.58. The lowest BCUT2D eigenvalue weighted by molar-refractivity contribution is -0.116. The monoisotopic (exact) mass is 447 g/mol. The molecule has 0 radical (unpaired) electrons. The molecule has 2 aromatic rings. The summed E-state index contributed by atoms with van der Waals surface area (Å²) in [7, 11) is 3.06. The Morgan fingerprint density at radius 1 is 1.17 bits per heavy atom. The van der Waals surface area contributed by atoms with Crippen molar-refractivity contribution in [2.45, 2.75) is 12.8 Å². The van der Waals surface area contributed by atoms with Gasteiger partial charge in [0.2, 0.25) is 5.91 Å². The number of hydrogen-bond donors (Lipinski definition) is 1. The lowest BCUT2D eigenvalue weighted by Gasteiger charge is -2.12. The Kier molecular flexibility index (Phi) is 6.36. The number of rotatable bonds is 6. The molecule has 0 heterocycles. The molecule has 128 valence electrons. The number of nitrogens with one attached hydrogen (secondary N) is 1. The molecule has 0 aliphatic carbocycles. The van der Waals surface area contributed by atoms with Crippen LogP contribution in [-0.4, -0.2) is 20.1 Å². The van der Waals surface area contributed by atoms with Gasteiger partial charge in [-0.15, -0.1) is 0 Å². The summed E-state index contributed by atoms with van der Waals surface area (Å²) in [5.41, 5.74) is 0.903. The molecular weight excluding hydrogens is 431 g/mol. The fourth-order valence-electron chi connectivity index (χ4n) is 2.25. The zero-order chi connectivity index (χ0) is 17.7. The second kappa shape index (κ2) is 8.27. The highest BCUT2D eigenvalue weighted by Crippen LogP contribution is 2.31. The summed E-state index contributed by atoms with van der Waals surface area (Å²) in [5.74, 6) is -0.614. The molecule has 0 spiro atoms. The molecule has 0 bridgehead atoms. The number of benzene rings is 2. The van der Waals surface area contributed by atoms with Crippen LogP contribution in [0.5, 0.6) is 11.5 Å². The van der Waals surface area contributed by atoms with Crippen LogP contribution in [-0.2, 0) is 11.2 Å². The summed E-state index contributed by atoms with van der Waals surface area (Å²) in [6.07, 6.45) is 0.542. The van der Waals surface area contributed by atoms with Crippen molar-refractivity contribution in [3.8, 4) is 11.5 Å². The van der Waals surface area contributed by atoms with E-state index < -0.39 is 11.6 Å². The minimum Gasteiger partial charge on any atom is -0.493 e. The highest BCUT2D eigenvalue weighted by atomic mass is 127. The van der Waals surface area contributed by atoms with E-state index in [1.165, 1.54) is 14.2 Å². The quantitative estimate of drug-likeness (QED) is 0.535. The highest BCUT2D eigenvalue weighted by Gasteiger charge is 2.13. The van der Waals surface area contributed by atoms with E-state index in [-0.39, 0.29) is 21.6 Å². The molecule has 0 aliphatic heterocycles. The normalized spacial score (nSPS) is 10.4. The predicted octanol–water partition coefficient (Wildman–Crippen LogP) is 4.16. The summed E-state index contributed by atoms with van der Waals surface area (Å²) in [4.78, 5) is 12.0. The van der Waals surface area contributed by atoms with Gasteiger partial charge in [-0.05, 0) is 52.8 Å². The fourth-order valence-corrected chi connectivity index (χ4v) is 2.56. The summed E-state index contributed by atoms with van der Waals surface area (Å²) in [5, 5.41) is 2.49. The number of anilines is 1. The zero-order valence-electron chi connectivity index (χ0n) is 13.2. The third-order valence-electron chi connectivity index (χ3n) is 3.37. The van der Waals surface area contributed by atoms with E-state index in [9.17, 15) is 13.6 Å². The Hall–Kier alpha value is -1.90. The highest BCUT2D eigenvalue weighted by molar-refractivity contribution is 14.1. The molecule has 0 unspecified atom stereocenters. The third-order valence-corrected chi connectivity index (χ3v) is 4.40. The smallest absolute Gasteiger partial charge is 0.224 e. The van der Waals surface area contributed by atoms with Gasteiger partial charge in [0, 0.05) is 12.1 Å². The van der Waals surface area contributed by atoms with Gasteiger partial charge in [0.1, 0.15) is 11.6 Å². The Morgan fingerprint density at radius 2 is 1.83 bits per heavy atom. The van der Waals surface area contributed by atoms with E-state index in [0.717, 1.165) is 17.7 Å². The van der Waals surface area contributed by atoms with Crippen molar-refractivity contribution in [3.63, 3.8) is 0 Å². The molecule has 0 atom stereocenters. The molecule has 24 heavy (non-hydrogen) atoms. The minimum absolute atomic E-state index is 0.0908. The molecule has 4 nitrogen and oxygen atoms in total. The Bertz CT molecular complexity index is 730. The van der Waals surface area contributed by atoms with Crippen LogP contribution in [0.25, 0.3) is 0 Å². The molecule has 1 N–H and O–H groups in total. The van der Waals surface area contributed by atoms with Crippen LogP contribution in [0.4, 0.5) is 14.5 Å². The standard InChI is InChI=1S/C17H16F2INO3/c1-23-14-5-3-4-10(17(14)24-2)6-7-15(22)21-11-8-12(18)16(20)13(19)9-11/h3-5,8-9H,6-7H2,1-2H3,(H,21,22). The molecule has 0 saturated carbocycles. The SMILES string of the molecule is COc1cccc(CCC(=O)Nc2cc(F)c(I)c(F)c2)c1OC. The number of halogens is 3. The van der Waals surface area contributed by atoms with E-state index in [1.807, 2.05) is 6.07 Å². The maximum atomic E-state index is 13.5. The Balaban J connectivity index is 2.04. The maximum absolute atomic E-state index is 13.5. The van der Waals surface area contributed by atoms with Crippen molar-refractivity contribution in [1.29, 1.82) is 0 Å². The Labute approximate surface area is 152 Å². The van der Waals surface area contributed by atoms with Gasteiger partial charge in [0.25, 0.3) is 0 Å². The number of methoxy groups -OCH3 is 2. The first-order chi connectivity index (χ1) is 11.5. The number of amides is 1. The largest absolute Gasteiger partial charge is 0.493 e. The molecule has 0 saturated heterocycles. The summed E-state index contributed by atoms with van der Waals surface area (Å²) in [6.45, 7) is 0. The van der Waals surface area contributed by atoms with Gasteiger partial charge in [-0.2, -0.15) is 0 Å². The van der Waals surface area contributed by atoms with Crippen molar-refractivity contribution in [1.82, 2.24) is 0 Å². The number of carbonyl (C=O) groups is 1. The maximum Gasteiger partial charge on any atom is 0.224 e. The van der Waals surface area contributed by atoms with Crippen LogP contribution in [0.1, 0.15) is 12.0 Å². The molecule has 0 fully saturated rings. The summed E-state index contributed by atoms with van der Waals surface area (Å²) >= 11 is 1.57. The lowest BCUT2D eigenvalue weighted by atomic mass is 10.1. The van der Waals surface area contributed by atoms with Gasteiger partial charge in [-0.25, -0.2) is 8.78 Å². The average molecular weight is 447 g/mol. The van der Waals surface area contributed by atoms with Gasteiger partial charge in [0.15, 0.2) is 11.5 Å². The van der Waals surface area contributed by atoms with Crippen LogP contribution in [0.3, 0.4) is 0 Å². The second-order valence-electron chi connectivity index (χ2n) is 4.95. The van der Waals surface area contributed by atoms with Crippen LogP contribution >= 0.6 is 22.6 Å². The van der Waals surface area contributed by atoms with Gasteiger partial charge >= 0.3 is 0 Å². The zero-order valence-corrected chi connectivity index (χ0v) is 15.3. The van der Waals surface area contributed by atoms with E-state index in [2.05, 4.69) is 5.32 Å². The summed E-state index contributed by atoms with van der Waals surface area (Å²) < 4.78 is 37.4. The number of hydrogen-bond acceptors (Lipinski definition) is 3. The molecular formula is C17H16F2INO3.